The topological polar surface area (TPSA) is 59.0 Å². The van der Waals surface area contributed by atoms with Crippen LogP contribution in [0.3, 0.4) is 0 Å². The molecule has 1 atom stereocenters. The first-order valence-corrected chi connectivity index (χ1v) is 8.32. The summed E-state index contributed by atoms with van der Waals surface area (Å²) >= 11 is 5.98. The van der Waals surface area contributed by atoms with Crippen LogP contribution in [0, 0.1) is 0 Å². The Morgan fingerprint density at radius 1 is 1.16 bits per heavy atom. The number of nitrogens with zero attached hydrogens (tertiary/aromatic N) is 2. The van der Waals surface area contributed by atoms with Gasteiger partial charge in [0.15, 0.2) is 0 Å². The van der Waals surface area contributed by atoms with E-state index in [1.165, 1.54) is 0 Å². The van der Waals surface area contributed by atoms with Gasteiger partial charge in [-0.05, 0) is 23.3 Å². The van der Waals surface area contributed by atoms with Gasteiger partial charge in [-0.25, -0.2) is 9.78 Å². The molecule has 0 aliphatic heterocycles. The zero-order valence-corrected chi connectivity index (χ0v) is 14.6. The molecule has 3 aromatic rings. The van der Waals surface area contributed by atoms with Crippen molar-refractivity contribution in [2.75, 3.05) is 0 Å². The monoisotopic (exact) mass is 354 g/mol. The largest absolute Gasteiger partial charge is 0.336 e. The Hall–Kier alpha value is -2.79. The van der Waals surface area contributed by atoms with Crippen molar-refractivity contribution in [3.05, 3.63) is 89.0 Å². The van der Waals surface area contributed by atoms with E-state index in [0.29, 0.717) is 11.6 Å². The zero-order chi connectivity index (χ0) is 17.6. The first kappa shape index (κ1) is 17.0. The van der Waals surface area contributed by atoms with E-state index >= 15 is 0 Å². The lowest BCUT2D eigenvalue weighted by atomic mass is 10.1. The highest BCUT2D eigenvalue weighted by atomic mass is 35.5. The Labute approximate surface area is 151 Å². The van der Waals surface area contributed by atoms with Crippen LogP contribution in [0.25, 0.3) is 0 Å². The fourth-order valence-corrected chi connectivity index (χ4v) is 2.69. The molecule has 128 valence electrons. The number of aromatic nitrogens is 2. The van der Waals surface area contributed by atoms with Gasteiger partial charge in [-0.3, -0.25) is 0 Å². The highest BCUT2D eigenvalue weighted by Crippen LogP contribution is 2.22. The molecule has 0 saturated carbocycles. The van der Waals surface area contributed by atoms with E-state index in [1.54, 1.807) is 18.3 Å². The van der Waals surface area contributed by atoms with Gasteiger partial charge >= 0.3 is 6.03 Å². The molecule has 6 heteroatoms. The second-order valence-electron chi connectivity index (χ2n) is 5.69. The highest BCUT2D eigenvalue weighted by Gasteiger charge is 2.20. The maximum Gasteiger partial charge on any atom is 0.315 e. The number of hydrogen-bond acceptors (Lipinski definition) is 2. The number of urea groups is 1. The summed E-state index contributed by atoms with van der Waals surface area (Å²) in [4.78, 5) is 16.8. The average molecular weight is 355 g/mol. The summed E-state index contributed by atoms with van der Waals surface area (Å²) in [6, 6.07) is 16.5. The van der Waals surface area contributed by atoms with Crippen molar-refractivity contribution in [2.45, 2.75) is 12.6 Å². The Morgan fingerprint density at radius 2 is 1.88 bits per heavy atom. The van der Waals surface area contributed by atoms with Crippen LogP contribution < -0.4 is 10.6 Å². The third-order valence-electron chi connectivity index (χ3n) is 3.89. The summed E-state index contributed by atoms with van der Waals surface area (Å²) in [6.45, 7) is 0.459. The minimum Gasteiger partial charge on any atom is -0.336 e. The first-order valence-electron chi connectivity index (χ1n) is 7.94. The van der Waals surface area contributed by atoms with E-state index in [1.807, 2.05) is 60.3 Å². The number of aryl methyl sites for hydroxylation is 1. The predicted molar refractivity (Wildman–Crippen MR) is 98.3 cm³/mol. The van der Waals surface area contributed by atoms with E-state index < -0.39 is 0 Å². The summed E-state index contributed by atoms with van der Waals surface area (Å²) in [5.74, 6) is 0.747. The quantitative estimate of drug-likeness (QED) is 0.734. The van der Waals surface area contributed by atoms with Gasteiger partial charge in [0.05, 0.1) is 0 Å². The molecular formula is C19H19ClN4O. The summed E-state index contributed by atoms with van der Waals surface area (Å²) in [5, 5.41) is 6.52. The van der Waals surface area contributed by atoms with Crippen LogP contribution in [0.15, 0.2) is 67.0 Å². The van der Waals surface area contributed by atoms with Crippen LogP contribution in [-0.4, -0.2) is 15.6 Å². The van der Waals surface area contributed by atoms with Crippen molar-refractivity contribution in [3.8, 4) is 0 Å². The van der Waals surface area contributed by atoms with Crippen LogP contribution >= 0.6 is 11.6 Å². The summed E-state index contributed by atoms with van der Waals surface area (Å²) in [6.07, 6.45) is 3.56. The molecule has 25 heavy (non-hydrogen) atoms. The SMILES string of the molecule is Cn1ccnc1[C@@H](NC(=O)NCc1ccccc1)c1ccc(Cl)cc1. The van der Waals surface area contributed by atoms with Gasteiger partial charge in [0.2, 0.25) is 0 Å². The maximum absolute atomic E-state index is 12.4. The number of benzene rings is 2. The molecule has 0 bridgehead atoms. The van der Waals surface area contributed by atoms with E-state index in [-0.39, 0.29) is 12.1 Å². The highest BCUT2D eigenvalue weighted by molar-refractivity contribution is 6.30. The molecule has 0 spiro atoms. The second kappa shape index (κ2) is 7.85. The summed E-state index contributed by atoms with van der Waals surface area (Å²) < 4.78 is 1.89. The van der Waals surface area contributed by atoms with E-state index in [4.69, 9.17) is 11.6 Å². The molecule has 0 aliphatic carbocycles. The van der Waals surface area contributed by atoms with Gasteiger partial charge in [-0.2, -0.15) is 0 Å². The number of imidazole rings is 1. The lowest BCUT2D eigenvalue weighted by molar-refractivity contribution is 0.237. The van der Waals surface area contributed by atoms with Crippen molar-refractivity contribution < 1.29 is 4.79 Å². The molecule has 1 aromatic heterocycles. The number of rotatable bonds is 5. The van der Waals surface area contributed by atoms with Gasteiger partial charge < -0.3 is 15.2 Å². The molecule has 0 fully saturated rings. The molecule has 3 rings (SSSR count). The molecular weight excluding hydrogens is 336 g/mol. The second-order valence-corrected chi connectivity index (χ2v) is 6.13. The van der Waals surface area contributed by atoms with Gasteiger partial charge in [0, 0.05) is 31.0 Å². The lowest BCUT2D eigenvalue weighted by Gasteiger charge is -2.19. The van der Waals surface area contributed by atoms with Crippen LogP contribution in [-0.2, 0) is 13.6 Å². The van der Waals surface area contributed by atoms with Crippen LogP contribution in [0.5, 0.6) is 0 Å². The Kier molecular flexibility index (Phi) is 5.36. The molecule has 5 nitrogen and oxygen atoms in total. The van der Waals surface area contributed by atoms with Gasteiger partial charge in [0.1, 0.15) is 11.9 Å². The molecule has 0 aliphatic rings. The van der Waals surface area contributed by atoms with Crippen LogP contribution in [0.4, 0.5) is 4.79 Å². The Bertz CT molecular complexity index is 830. The third-order valence-corrected chi connectivity index (χ3v) is 4.14. The normalized spacial score (nSPS) is 11.8. The molecule has 2 N–H and O–H groups in total. The predicted octanol–water partition coefficient (Wildman–Crippen LogP) is 3.66. The molecule has 2 amide bonds. The smallest absolute Gasteiger partial charge is 0.315 e. The summed E-state index contributed by atoms with van der Waals surface area (Å²) in [7, 11) is 1.90. The van der Waals surface area contributed by atoms with Crippen molar-refractivity contribution in [2.24, 2.45) is 7.05 Å². The van der Waals surface area contributed by atoms with Gasteiger partial charge in [0.25, 0.3) is 0 Å². The number of nitrogens with one attached hydrogen (secondary N) is 2. The van der Waals surface area contributed by atoms with Crippen molar-refractivity contribution in [1.29, 1.82) is 0 Å². The number of halogens is 1. The molecule has 2 aromatic carbocycles. The van der Waals surface area contributed by atoms with Gasteiger partial charge in [-0.15, -0.1) is 0 Å². The van der Waals surface area contributed by atoms with Gasteiger partial charge in [-0.1, -0.05) is 54.1 Å². The average Bonchev–Trinajstić information content (AvgIpc) is 3.05. The summed E-state index contributed by atoms with van der Waals surface area (Å²) in [5.41, 5.74) is 1.95. The lowest BCUT2D eigenvalue weighted by Crippen LogP contribution is -2.38. The van der Waals surface area contributed by atoms with E-state index in [2.05, 4.69) is 15.6 Å². The molecule has 0 radical (unpaired) electrons. The number of hydrogen-bond donors (Lipinski definition) is 2. The Morgan fingerprint density at radius 3 is 2.52 bits per heavy atom. The third kappa shape index (κ3) is 4.39. The first-order chi connectivity index (χ1) is 12.1. The molecule has 1 heterocycles. The van der Waals surface area contributed by atoms with Crippen LogP contribution in [0.1, 0.15) is 23.0 Å². The number of carbonyl (C=O) groups is 1. The van der Waals surface area contributed by atoms with E-state index in [9.17, 15) is 4.79 Å². The van der Waals surface area contributed by atoms with Crippen molar-refractivity contribution in [3.63, 3.8) is 0 Å². The molecule has 0 saturated heterocycles. The van der Waals surface area contributed by atoms with Crippen LogP contribution in [0.2, 0.25) is 5.02 Å². The zero-order valence-electron chi connectivity index (χ0n) is 13.8. The van der Waals surface area contributed by atoms with E-state index in [0.717, 1.165) is 17.0 Å². The fourth-order valence-electron chi connectivity index (χ4n) is 2.57. The standard InChI is InChI=1S/C19H19ClN4O/c1-24-12-11-21-18(24)17(15-7-9-16(20)10-8-15)23-19(25)22-13-14-5-3-2-4-6-14/h2-12,17H,13H2,1H3,(H2,22,23,25)/t17-/m0/s1. The number of carbonyl (C=O) groups excluding carboxylic acids is 1. The molecule has 0 unspecified atom stereocenters. The minimum absolute atomic E-state index is 0.258. The minimum atomic E-state index is -0.368. The fraction of sp³-hybridized carbons (Fsp3) is 0.158. The van der Waals surface area contributed by atoms with Crippen molar-refractivity contribution >= 4 is 17.6 Å². The Balaban J connectivity index is 1.74. The number of amides is 2. The maximum atomic E-state index is 12.4. The van der Waals surface area contributed by atoms with Crippen molar-refractivity contribution in [1.82, 2.24) is 20.2 Å².